The first kappa shape index (κ1) is 22.1. The predicted octanol–water partition coefficient (Wildman–Crippen LogP) is 1.56. The van der Waals surface area contributed by atoms with Gasteiger partial charge in [-0.15, -0.1) is 0 Å². The summed E-state index contributed by atoms with van der Waals surface area (Å²) in [5.41, 5.74) is 4.39. The normalized spacial score (nSPS) is 16.6. The molecule has 0 saturated heterocycles. The number of amides is 1. The number of nitrogens with zero attached hydrogens (tertiary/aromatic N) is 5. The van der Waals surface area contributed by atoms with E-state index in [-0.39, 0.29) is 24.1 Å². The zero-order valence-corrected chi connectivity index (χ0v) is 19.5. The number of aryl methyl sites for hydroxylation is 1. The quantitative estimate of drug-likeness (QED) is 0.432. The molecule has 0 spiro atoms. The third kappa shape index (κ3) is 4.13. The highest BCUT2D eigenvalue weighted by Crippen LogP contribution is 2.26. The summed E-state index contributed by atoms with van der Waals surface area (Å²) in [6, 6.07) is 7.73. The van der Waals surface area contributed by atoms with Gasteiger partial charge in [-0.1, -0.05) is 0 Å². The molecule has 182 valence electrons. The molecule has 0 aromatic carbocycles. The number of rotatable bonds is 5. The standard InChI is InChI=1S/C25H23N7O4/c1-35-18-8-20-24(28-11-18)29-12-23(34)32(20)17-6-14-2-3-15(7-19(14)27-10-17)26-9-16-4-5-21-25(30-16)31-22(33)13-36-21/h4-6,8,10-12,15,26H,2-3,7,9,13H2,1H3,(H,30,31,33). The van der Waals surface area contributed by atoms with Gasteiger partial charge in [0, 0.05) is 30.8 Å². The summed E-state index contributed by atoms with van der Waals surface area (Å²) in [6.45, 7) is 0.577. The predicted molar refractivity (Wildman–Crippen MR) is 130 cm³/mol. The van der Waals surface area contributed by atoms with Crippen LogP contribution in [0.2, 0.25) is 0 Å². The van der Waals surface area contributed by atoms with Gasteiger partial charge < -0.3 is 20.1 Å². The van der Waals surface area contributed by atoms with E-state index in [1.807, 2.05) is 18.2 Å². The molecule has 4 aromatic rings. The van der Waals surface area contributed by atoms with E-state index in [1.165, 1.54) is 6.20 Å². The lowest BCUT2D eigenvalue weighted by molar-refractivity contribution is -0.118. The van der Waals surface area contributed by atoms with Crippen LogP contribution in [0.5, 0.6) is 11.5 Å². The molecular formula is C25H23N7O4. The van der Waals surface area contributed by atoms with Gasteiger partial charge in [-0.05, 0) is 36.6 Å². The fraction of sp³-hybridized carbons (Fsp3) is 0.280. The van der Waals surface area contributed by atoms with Crippen LogP contribution >= 0.6 is 0 Å². The van der Waals surface area contributed by atoms with Gasteiger partial charge in [0.25, 0.3) is 11.5 Å². The molecule has 0 bridgehead atoms. The fourth-order valence-corrected chi connectivity index (χ4v) is 4.60. The lowest BCUT2D eigenvalue weighted by atomic mass is 9.91. The Hall–Kier alpha value is -4.38. The van der Waals surface area contributed by atoms with Crippen molar-refractivity contribution < 1.29 is 14.3 Å². The number of fused-ring (bicyclic) bond motifs is 3. The first-order valence-corrected chi connectivity index (χ1v) is 11.6. The van der Waals surface area contributed by atoms with Gasteiger partial charge in [0.2, 0.25) is 0 Å². The number of hydrogen-bond donors (Lipinski definition) is 2. The Bertz CT molecular complexity index is 1550. The first-order chi connectivity index (χ1) is 17.6. The Balaban J connectivity index is 1.20. The van der Waals surface area contributed by atoms with Crippen LogP contribution in [0.3, 0.4) is 0 Å². The van der Waals surface area contributed by atoms with E-state index in [0.29, 0.717) is 40.7 Å². The molecule has 0 fully saturated rings. The number of carbonyl (C=O) groups excluding carboxylic acids is 1. The van der Waals surface area contributed by atoms with Crippen molar-refractivity contribution in [1.82, 2.24) is 29.8 Å². The third-order valence-corrected chi connectivity index (χ3v) is 6.43. The number of aromatic nitrogens is 5. The molecule has 5 heterocycles. The molecular weight excluding hydrogens is 462 g/mol. The van der Waals surface area contributed by atoms with E-state index >= 15 is 0 Å². The Kier molecular flexibility index (Phi) is 5.53. The van der Waals surface area contributed by atoms with E-state index < -0.39 is 0 Å². The summed E-state index contributed by atoms with van der Waals surface area (Å²) >= 11 is 0. The van der Waals surface area contributed by atoms with Gasteiger partial charge in [-0.25, -0.2) is 15.0 Å². The van der Waals surface area contributed by atoms with Gasteiger partial charge in [-0.3, -0.25) is 19.1 Å². The minimum absolute atomic E-state index is 0.0135. The van der Waals surface area contributed by atoms with Crippen LogP contribution in [-0.4, -0.2) is 50.2 Å². The molecule has 36 heavy (non-hydrogen) atoms. The second-order valence-corrected chi connectivity index (χ2v) is 8.76. The number of ether oxygens (including phenoxy) is 2. The minimum Gasteiger partial charge on any atom is -0.495 e. The van der Waals surface area contributed by atoms with Crippen LogP contribution in [0.4, 0.5) is 5.82 Å². The third-order valence-electron chi connectivity index (χ3n) is 6.43. The largest absolute Gasteiger partial charge is 0.495 e. The van der Waals surface area contributed by atoms with Gasteiger partial charge >= 0.3 is 0 Å². The van der Waals surface area contributed by atoms with Gasteiger partial charge in [0.05, 0.1) is 42.6 Å². The van der Waals surface area contributed by atoms with E-state index in [1.54, 1.807) is 30.1 Å². The average Bonchev–Trinajstić information content (AvgIpc) is 2.91. The van der Waals surface area contributed by atoms with Crippen molar-refractivity contribution in [2.45, 2.75) is 31.8 Å². The molecule has 11 nitrogen and oxygen atoms in total. The fourth-order valence-electron chi connectivity index (χ4n) is 4.60. The second-order valence-electron chi connectivity index (χ2n) is 8.76. The summed E-state index contributed by atoms with van der Waals surface area (Å²) in [4.78, 5) is 41.9. The van der Waals surface area contributed by atoms with Crippen molar-refractivity contribution in [2.24, 2.45) is 0 Å². The molecule has 2 aliphatic rings. The van der Waals surface area contributed by atoms with E-state index in [0.717, 1.165) is 36.2 Å². The zero-order chi connectivity index (χ0) is 24.6. The highest BCUT2D eigenvalue weighted by atomic mass is 16.5. The summed E-state index contributed by atoms with van der Waals surface area (Å²) in [6.07, 6.45) is 7.08. The van der Waals surface area contributed by atoms with Crippen molar-refractivity contribution in [1.29, 1.82) is 0 Å². The topological polar surface area (TPSA) is 133 Å². The Morgan fingerprint density at radius 2 is 2.06 bits per heavy atom. The first-order valence-electron chi connectivity index (χ1n) is 11.6. The van der Waals surface area contributed by atoms with Crippen LogP contribution in [0.1, 0.15) is 23.4 Å². The molecule has 1 aliphatic heterocycles. The molecule has 1 unspecified atom stereocenters. The number of methoxy groups -OCH3 is 1. The van der Waals surface area contributed by atoms with E-state index in [2.05, 4.69) is 25.6 Å². The van der Waals surface area contributed by atoms with E-state index in [9.17, 15) is 9.59 Å². The highest BCUT2D eigenvalue weighted by molar-refractivity contribution is 5.94. The monoisotopic (exact) mass is 485 g/mol. The smallest absolute Gasteiger partial charge is 0.274 e. The van der Waals surface area contributed by atoms with Crippen molar-refractivity contribution in [3.05, 3.63) is 70.2 Å². The number of pyridine rings is 3. The summed E-state index contributed by atoms with van der Waals surface area (Å²) in [7, 11) is 1.56. The maximum Gasteiger partial charge on any atom is 0.274 e. The number of nitrogens with one attached hydrogen (secondary N) is 2. The van der Waals surface area contributed by atoms with Gasteiger partial charge in [-0.2, -0.15) is 0 Å². The maximum absolute atomic E-state index is 12.7. The summed E-state index contributed by atoms with van der Waals surface area (Å²) in [5.74, 6) is 1.39. The van der Waals surface area contributed by atoms with E-state index in [4.69, 9.17) is 14.5 Å². The highest BCUT2D eigenvalue weighted by Gasteiger charge is 2.22. The molecule has 0 saturated carbocycles. The van der Waals surface area contributed by atoms with Gasteiger partial charge in [0.15, 0.2) is 23.8 Å². The summed E-state index contributed by atoms with van der Waals surface area (Å²) < 4.78 is 12.2. The lowest BCUT2D eigenvalue weighted by Crippen LogP contribution is -2.35. The van der Waals surface area contributed by atoms with Crippen molar-refractivity contribution in [2.75, 3.05) is 19.0 Å². The lowest BCUT2D eigenvalue weighted by Gasteiger charge is -2.25. The van der Waals surface area contributed by atoms with Crippen LogP contribution in [0.15, 0.2) is 47.7 Å². The minimum atomic E-state index is -0.256. The molecule has 0 radical (unpaired) electrons. The van der Waals surface area contributed by atoms with Crippen LogP contribution in [0.25, 0.3) is 16.9 Å². The van der Waals surface area contributed by atoms with Crippen molar-refractivity contribution >= 4 is 22.9 Å². The Morgan fingerprint density at radius 3 is 2.94 bits per heavy atom. The number of carbonyl (C=O) groups is 1. The average molecular weight is 486 g/mol. The molecule has 1 aliphatic carbocycles. The number of hydrogen-bond acceptors (Lipinski definition) is 9. The zero-order valence-electron chi connectivity index (χ0n) is 19.5. The molecule has 11 heteroatoms. The molecule has 1 atom stereocenters. The molecule has 2 N–H and O–H groups in total. The molecule has 6 rings (SSSR count). The van der Waals surface area contributed by atoms with Gasteiger partial charge in [0.1, 0.15) is 5.75 Å². The molecule has 1 amide bonds. The maximum atomic E-state index is 12.7. The van der Waals surface area contributed by atoms with Crippen molar-refractivity contribution in [3.63, 3.8) is 0 Å². The second kappa shape index (κ2) is 9.00. The Labute approximate surface area is 205 Å². The van der Waals surface area contributed by atoms with Crippen LogP contribution in [-0.2, 0) is 24.2 Å². The van der Waals surface area contributed by atoms with Crippen LogP contribution < -0.4 is 25.7 Å². The van der Waals surface area contributed by atoms with Crippen LogP contribution in [0, 0.1) is 0 Å². The number of anilines is 1. The van der Waals surface area contributed by atoms with Crippen molar-refractivity contribution in [3.8, 4) is 17.2 Å². The summed E-state index contributed by atoms with van der Waals surface area (Å²) in [5, 5.41) is 6.29. The molecule has 4 aromatic heterocycles. The Morgan fingerprint density at radius 1 is 1.17 bits per heavy atom. The SMILES string of the molecule is COc1cnc2ncc(=O)n(-c3cnc4c(c3)CCC(NCc3ccc5c(n3)NC(=O)CO5)C4)c2c1.